The fourth-order valence-electron chi connectivity index (χ4n) is 14.3. The molecule has 7 heterocycles. The fourth-order valence-corrected chi connectivity index (χ4v) is 14.3. The van der Waals surface area contributed by atoms with Gasteiger partial charge in [0, 0.05) is 83.5 Å². The molecule has 1 unspecified atom stereocenters. The second-order valence-corrected chi connectivity index (χ2v) is 21.8. The minimum absolute atomic E-state index is 0.532. The smallest absolute Gasteiger partial charge is 0.188 e. The van der Waals surface area contributed by atoms with Gasteiger partial charge in [-0.2, -0.15) is 10.5 Å². The van der Waals surface area contributed by atoms with E-state index >= 15 is 0 Å². The van der Waals surface area contributed by atoms with E-state index in [1.807, 2.05) is 73.1 Å². The lowest BCUT2D eigenvalue weighted by atomic mass is 9.66. The average Bonchev–Trinajstić information content (AvgIpc) is 1.48. The number of para-hydroxylation sites is 5. The van der Waals surface area contributed by atoms with Crippen molar-refractivity contribution in [3.05, 3.63) is 282 Å². The van der Waals surface area contributed by atoms with Gasteiger partial charge in [0.2, 0.25) is 0 Å². The van der Waals surface area contributed by atoms with E-state index in [1.165, 1.54) is 0 Å². The van der Waals surface area contributed by atoms with Gasteiger partial charge >= 0.3 is 0 Å². The van der Waals surface area contributed by atoms with Crippen molar-refractivity contribution < 1.29 is 4.74 Å². The maximum Gasteiger partial charge on any atom is 0.188 e. The second-order valence-electron chi connectivity index (χ2n) is 21.8. The summed E-state index contributed by atoms with van der Waals surface area (Å²) >= 11 is 0. The third-order valence-corrected chi connectivity index (χ3v) is 17.7. The van der Waals surface area contributed by atoms with Crippen LogP contribution in [0.15, 0.2) is 237 Å². The van der Waals surface area contributed by atoms with Crippen LogP contribution in [0.4, 0.5) is 5.69 Å². The summed E-state index contributed by atoms with van der Waals surface area (Å²) in [6.07, 6.45) is 3.96. The molecule has 1 atom stereocenters. The zero-order chi connectivity index (χ0) is 55.5. The van der Waals surface area contributed by atoms with Gasteiger partial charge in [0.1, 0.15) is 11.5 Å². The summed E-state index contributed by atoms with van der Waals surface area (Å²) in [5, 5.41) is 28.6. The Morgan fingerprint density at radius 1 is 0.357 bits per heavy atom. The van der Waals surface area contributed by atoms with Gasteiger partial charge in [-0.25, -0.2) is 4.85 Å². The number of hydrogen-bond donors (Lipinski definition) is 0. The maximum atomic E-state index is 10.1. The number of fused-ring (bicyclic) bond motifs is 21. The molecule has 0 fully saturated rings. The number of ether oxygens (including phenoxy) is 1. The summed E-state index contributed by atoms with van der Waals surface area (Å²) in [6.45, 7) is 7.96. The van der Waals surface area contributed by atoms with E-state index in [0.717, 1.165) is 144 Å². The van der Waals surface area contributed by atoms with Crippen molar-refractivity contribution in [2.45, 2.75) is 5.41 Å². The van der Waals surface area contributed by atoms with Gasteiger partial charge in [0.15, 0.2) is 5.69 Å². The van der Waals surface area contributed by atoms with Gasteiger partial charge in [-0.15, -0.1) is 0 Å². The predicted molar refractivity (Wildman–Crippen MR) is 332 cm³/mol. The lowest BCUT2D eigenvalue weighted by molar-refractivity contribution is 0.436. The van der Waals surface area contributed by atoms with Crippen LogP contribution in [0.5, 0.6) is 11.5 Å². The first kappa shape index (κ1) is 45.8. The first-order valence-corrected chi connectivity index (χ1v) is 27.8. The highest BCUT2D eigenvalue weighted by Crippen LogP contribution is 2.63. The Bertz CT molecular complexity index is 5610. The Morgan fingerprint density at radius 2 is 0.714 bits per heavy atom. The molecule has 0 saturated carbocycles. The van der Waals surface area contributed by atoms with Crippen LogP contribution in [0.25, 0.3) is 126 Å². The molecule has 18 rings (SSSR count). The van der Waals surface area contributed by atoms with Gasteiger partial charge in [-0.1, -0.05) is 109 Å². The van der Waals surface area contributed by atoms with E-state index in [0.29, 0.717) is 28.3 Å². The van der Waals surface area contributed by atoms with E-state index in [4.69, 9.17) is 21.3 Å². The quantitative estimate of drug-likeness (QED) is 0.163. The number of nitrogens with zero attached hydrogens (tertiary/aromatic N) is 9. The summed E-state index contributed by atoms with van der Waals surface area (Å²) in [6, 6.07) is 82.5. The standard InChI is InChI=1S/C74H39N9O/c1-77-45-24-31-69-57(34-45)54-16-6-11-21-66(54)83(69)49-36-61-73(79-42-49)72-60(35-48(41-78-72)82-64-19-9-4-14-52(64)53-15-5-10-20-65(53)82)74(61)58-27-25-46(80-62-17-7-2-12-50(62)51-13-3-8-18-63(51)80)37-70(58)84-71-38-47(26-28-59(71)74)81-67-29-22-43(39-75)32-55(67)56-33-44(40-76)23-30-68(56)81/h2-38,41-42H. The van der Waals surface area contributed by atoms with Crippen molar-refractivity contribution in [1.29, 1.82) is 10.5 Å². The Hall–Kier alpha value is -12.0. The van der Waals surface area contributed by atoms with E-state index < -0.39 is 5.41 Å². The Labute approximate surface area is 478 Å². The van der Waals surface area contributed by atoms with Crippen molar-refractivity contribution >= 4 is 92.9 Å². The molecule has 84 heavy (non-hydrogen) atoms. The van der Waals surface area contributed by atoms with E-state index in [9.17, 15) is 10.5 Å². The highest BCUT2D eigenvalue weighted by molar-refractivity contribution is 6.13. The van der Waals surface area contributed by atoms with Crippen LogP contribution in [-0.4, -0.2) is 28.2 Å². The van der Waals surface area contributed by atoms with Gasteiger partial charge < -0.3 is 23.0 Å². The number of hydrogen-bond acceptors (Lipinski definition) is 5. The molecule has 0 radical (unpaired) electrons. The first-order chi connectivity index (χ1) is 41.5. The van der Waals surface area contributed by atoms with Crippen molar-refractivity contribution in [3.8, 4) is 57.8 Å². The monoisotopic (exact) mass is 1070 g/mol. The number of aromatic nitrogens is 6. The van der Waals surface area contributed by atoms with E-state index in [1.54, 1.807) is 0 Å². The molecule has 10 aromatic carbocycles. The molecule has 0 bridgehead atoms. The van der Waals surface area contributed by atoms with Gasteiger partial charge in [-0.05, 0) is 109 Å². The predicted octanol–water partition coefficient (Wildman–Crippen LogP) is 17.6. The third kappa shape index (κ3) is 5.98. The Balaban J connectivity index is 0.967. The molecule has 1 aliphatic carbocycles. The number of benzene rings is 10. The van der Waals surface area contributed by atoms with Crippen LogP contribution in [0.1, 0.15) is 33.4 Å². The van der Waals surface area contributed by atoms with E-state index in [2.05, 4.69) is 199 Å². The fraction of sp³-hybridized carbons (Fsp3) is 0.0135. The molecule has 6 aromatic heterocycles. The van der Waals surface area contributed by atoms with Crippen LogP contribution >= 0.6 is 0 Å². The zero-order valence-corrected chi connectivity index (χ0v) is 44.4. The van der Waals surface area contributed by atoms with Crippen molar-refractivity contribution in [3.63, 3.8) is 0 Å². The molecule has 0 amide bonds. The van der Waals surface area contributed by atoms with Gasteiger partial charge in [0.05, 0.1) is 115 Å². The zero-order valence-electron chi connectivity index (χ0n) is 44.4. The summed E-state index contributed by atoms with van der Waals surface area (Å²) in [5.41, 5.74) is 17.4. The average molecular weight is 1070 g/mol. The minimum Gasteiger partial charge on any atom is -0.457 e. The lowest BCUT2D eigenvalue weighted by Crippen LogP contribution is -2.32. The molecular formula is C74H39N9O. The third-order valence-electron chi connectivity index (χ3n) is 17.7. The highest BCUT2D eigenvalue weighted by atomic mass is 16.5. The number of rotatable bonds is 4. The maximum absolute atomic E-state index is 10.1. The molecule has 0 saturated heterocycles. The molecule has 386 valence electrons. The second kappa shape index (κ2) is 16.8. The number of pyridine rings is 2. The van der Waals surface area contributed by atoms with Gasteiger partial charge in [-0.3, -0.25) is 9.97 Å². The van der Waals surface area contributed by atoms with Crippen LogP contribution < -0.4 is 4.74 Å². The minimum atomic E-state index is -1.09. The molecular weight excluding hydrogens is 1030 g/mol. The Morgan fingerprint density at radius 3 is 1.12 bits per heavy atom. The molecule has 0 N–H and O–H groups in total. The summed E-state index contributed by atoms with van der Waals surface area (Å²) in [7, 11) is 0. The molecule has 10 heteroatoms. The summed E-state index contributed by atoms with van der Waals surface area (Å²) in [4.78, 5) is 14.9. The Kier molecular flexibility index (Phi) is 9.14. The van der Waals surface area contributed by atoms with Gasteiger partial charge in [0.25, 0.3) is 0 Å². The molecule has 1 aliphatic heterocycles. The van der Waals surface area contributed by atoms with Crippen LogP contribution in [0.2, 0.25) is 0 Å². The molecule has 16 aromatic rings. The summed E-state index contributed by atoms with van der Waals surface area (Å²) in [5.74, 6) is 1.32. The molecule has 2 aliphatic rings. The number of nitriles is 2. The lowest BCUT2D eigenvalue weighted by Gasteiger charge is -2.39. The largest absolute Gasteiger partial charge is 0.457 e. The topological polar surface area (TPSA) is 107 Å². The van der Waals surface area contributed by atoms with E-state index in [-0.39, 0.29) is 0 Å². The normalized spacial score (nSPS) is 14.1. The van der Waals surface area contributed by atoms with Crippen LogP contribution in [0, 0.1) is 29.2 Å². The van der Waals surface area contributed by atoms with Crippen LogP contribution in [0.3, 0.4) is 0 Å². The highest BCUT2D eigenvalue weighted by Gasteiger charge is 2.53. The van der Waals surface area contributed by atoms with Crippen molar-refractivity contribution in [1.82, 2.24) is 28.2 Å². The molecule has 1 spiro atoms. The van der Waals surface area contributed by atoms with Crippen molar-refractivity contribution in [2.75, 3.05) is 0 Å². The SMILES string of the molecule is [C-]#[N+]c1ccc2c(c1)c1ccccc1n2-c1cnc2c(c1)C1(c3ccc(-n4c5ccccc5c5ccccc54)cc3Oc3cc(-n4c5ccc(C#N)cc5c5cc(C#N)ccc54)ccc31)c1cc(-n3c4ccccc4c4ccccc43)cnc1-2. The van der Waals surface area contributed by atoms with Crippen LogP contribution in [-0.2, 0) is 5.41 Å². The van der Waals surface area contributed by atoms with Crippen molar-refractivity contribution in [2.24, 2.45) is 0 Å². The molecule has 10 nitrogen and oxygen atoms in total. The first-order valence-electron chi connectivity index (χ1n) is 27.8. The summed E-state index contributed by atoms with van der Waals surface area (Å²) < 4.78 is 16.7.